The van der Waals surface area contributed by atoms with Crippen LogP contribution < -0.4 is 0 Å². The standard InChI is InChI=1S/C14H13FN2O2/c15-9-4-3-7-12(13(9)14(18)19)17-8-16-10-5-1-2-6-11(10)17/h3-4,7-8H,1-2,5-6H2,(H,18,19). The highest BCUT2D eigenvalue weighted by atomic mass is 19.1. The summed E-state index contributed by atoms with van der Waals surface area (Å²) in [5.74, 6) is -1.98. The summed E-state index contributed by atoms with van der Waals surface area (Å²) in [6.07, 6.45) is 5.50. The molecule has 98 valence electrons. The fourth-order valence-corrected chi connectivity index (χ4v) is 2.60. The predicted molar refractivity (Wildman–Crippen MR) is 67.1 cm³/mol. The summed E-state index contributed by atoms with van der Waals surface area (Å²) in [6.45, 7) is 0. The Morgan fingerprint density at radius 1 is 1.32 bits per heavy atom. The molecule has 0 bridgehead atoms. The summed E-state index contributed by atoms with van der Waals surface area (Å²) >= 11 is 0. The molecular weight excluding hydrogens is 247 g/mol. The number of imidazole rings is 1. The van der Waals surface area contributed by atoms with Gasteiger partial charge in [0, 0.05) is 5.69 Å². The Balaban J connectivity index is 2.20. The minimum Gasteiger partial charge on any atom is -0.478 e. The molecule has 4 nitrogen and oxygen atoms in total. The topological polar surface area (TPSA) is 55.1 Å². The van der Waals surface area contributed by atoms with Crippen molar-refractivity contribution < 1.29 is 14.3 Å². The summed E-state index contributed by atoms with van der Waals surface area (Å²) in [5.41, 5.74) is 2.04. The van der Waals surface area contributed by atoms with Crippen LogP contribution in [0.3, 0.4) is 0 Å². The lowest BCUT2D eigenvalue weighted by atomic mass is 10.0. The van der Waals surface area contributed by atoms with Gasteiger partial charge in [-0.25, -0.2) is 14.2 Å². The Hall–Kier alpha value is -2.17. The van der Waals surface area contributed by atoms with Crippen molar-refractivity contribution in [1.82, 2.24) is 9.55 Å². The second-order valence-corrected chi connectivity index (χ2v) is 4.65. The van der Waals surface area contributed by atoms with Crippen molar-refractivity contribution in [3.05, 3.63) is 47.3 Å². The predicted octanol–water partition coefficient (Wildman–Crippen LogP) is 2.59. The van der Waals surface area contributed by atoms with Crippen LogP contribution in [-0.2, 0) is 12.8 Å². The first-order valence-corrected chi connectivity index (χ1v) is 6.26. The van der Waals surface area contributed by atoms with Crippen LogP contribution in [0.1, 0.15) is 34.6 Å². The Morgan fingerprint density at radius 3 is 2.89 bits per heavy atom. The SMILES string of the molecule is O=C(O)c1c(F)cccc1-n1cnc2c1CCCC2. The zero-order valence-electron chi connectivity index (χ0n) is 10.3. The van der Waals surface area contributed by atoms with E-state index < -0.39 is 11.8 Å². The van der Waals surface area contributed by atoms with Gasteiger partial charge in [-0.05, 0) is 37.8 Å². The maximum Gasteiger partial charge on any atom is 0.340 e. The molecule has 0 saturated carbocycles. The van der Waals surface area contributed by atoms with Crippen LogP contribution in [0.4, 0.5) is 4.39 Å². The van der Waals surface area contributed by atoms with Crippen molar-refractivity contribution >= 4 is 5.97 Å². The van der Waals surface area contributed by atoms with E-state index in [1.807, 2.05) is 0 Å². The molecule has 0 spiro atoms. The average Bonchev–Trinajstić information content (AvgIpc) is 2.81. The van der Waals surface area contributed by atoms with Crippen molar-refractivity contribution in [2.45, 2.75) is 25.7 Å². The molecule has 1 N–H and O–H groups in total. The molecule has 1 aliphatic carbocycles. The lowest BCUT2D eigenvalue weighted by molar-refractivity contribution is 0.0692. The molecule has 1 heterocycles. The maximum atomic E-state index is 13.7. The number of carboxylic acids is 1. The van der Waals surface area contributed by atoms with Crippen LogP contribution in [0.2, 0.25) is 0 Å². The highest BCUT2D eigenvalue weighted by Gasteiger charge is 2.21. The van der Waals surface area contributed by atoms with Gasteiger partial charge in [-0.3, -0.25) is 0 Å². The molecule has 0 aliphatic heterocycles. The molecule has 1 aromatic carbocycles. The third-order valence-corrected chi connectivity index (χ3v) is 3.50. The second-order valence-electron chi connectivity index (χ2n) is 4.65. The van der Waals surface area contributed by atoms with Gasteiger partial charge in [0.25, 0.3) is 0 Å². The van der Waals surface area contributed by atoms with Gasteiger partial charge in [-0.15, -0.1) is 0 Å². The first-order valence-electron chi connectivity index (χ1n) is 6.26. The highest BCUT2D eigenvalue weighted by molar-refractivity contribution is 5.92. The molecule has 0 amide bonds. The van der Waals surface area contributed by atoms with Crippen molar-refractivity contribution in [2.24, 2.45) is 0 Å². The van der Waals surface area contributed by atoms with Crippen molar-refractivity contribution in [3.8, 4) is 5.69 Å². The number of benzene rings is 1. The van der Waals surface area contributed by atoms with E-state index in [0.717, 1.165) is 43.1 Å². The summed E-state index contributed by atoms with van der Waals surface area (Å²) in [7, 11) is 0. The van der Waals surface area contributed by atoms with Gasteiger partial charge in [0.2, 0.25) is 0 Å². The number of fused-ring (bicyclic) bond motifs is 1. The van der Waals surface area contributed by atoms with Crippen LogP contribution in [0.25, 0.3) is 5.69 Å². The lowest BCUT2D eigenvalue weighted by Crippen LogP contribution is -2.12. The fraction of sp³-hybridized carbons (Fsp3) is 0.286. The Kier molecular flexibility index (Phi) is 2.81. The number of aromatic carboxylic acids is 1. The number of rotatable bonds is 2. The molecule has 0 unspecified atom stereocenters. The zero-order chi connectivity index (χ0) is 13.4. The molecule has 19 heavy (non-hydrogen) atoms. The maximum absolute atomic E-state index is 13.7. The van der Waals surface area contributed by atoms with Crippen LogP contribution in [0.5, 0.6) is 0 Å². The number of hydrogen-bond acceptors (Lipinski definition) is 2. The minimum absolute atomic E-state index is 0.298. The Morgan fingerprint density at radius 2 is 2.11 bits per heavy atom. The van der Waals surface area contributed by atoms with E-state index in [4.69, 9.17) is 0 Å². The second kappa shape index (κ2) is 4.50. The lowest BCUT2D eigenvalue weighted by Gasteiger charge is -2.15. The van der Waals surface area contributed by atoms with E-state index in [1.165, 1.54) is 6.07 Å². The summed E-state index contributed by atoms with van der Waals surface area (Å²) in [6, 6.07) is 4.30. The zero-order valence-corrected chi connectivity index (χ0v) is 10.3. The first kappa shape index (κ1) is 11.9. The molecule has 3 rings (SSSR count). The molecule has 1 aromatic heterocycles. The minimum atomic E-state index is -1.26. The highest BCUT2D eigenvalue weighted by Crippen LogP contribution is 2.26. The van der Waals surface area contributed by atoms with Crippen LogP contribution in [0.15, 0.2) is 24.5 Å². The smallest absolute Gasteiger partial charge is 0.340 e. The summed E-state index contributed by atoms with van der Waals surface area (Å²) in [4.78, 5) is 15.5. The first-order chi connectivity index (χ1) is 9.18. The van der Waals surface area contributed by atoms with Crippen molar-refractivity contribution in [2.75, 3.05) is 0 Å². The Bertz CT molecular complexity index is 649. The fourth-order valence-electron chi connectivity index (χ4n) is 2.60. The van der Waals surface area contributed by atoms with Gasteiger partial charge in [-0.1, -0.05) is 6.07 Å². The molecule has 1 aliphatic rings. The number of nitrogens with zero attached hydrogens (tertiary/aromatic N) is 2. The van der Waals surface area contributed by atoms with Gasteiger partial charge in [0.15, 0.2) is 0 Å². The molecule has 2 aromatic rings. The van der Waals surface area contributed by atoms with E-state index in [1.54, 1.807) is 17.0 Å². The van der Waals surface area contributed by atoms with E-state index >= 15 is 0 Å². The average molecular weight is 260 g/mol. The third kappa shape index (κ3) is 1.91. The molecule has 0 saturated heterocycles. The van der Waals surface area contributed by atoms with Crippen LogP contribution in [0, 0.1) is 5.82 Å². The number of aryl methyl sites for hydroxylation is 1. The van der Waals surface area contributed by atoms with E-state index in [2.05, 4.69) is 4.98 Å². The quantitative estimate of drug-likeness (QED) is 0.903. The summed E-state index contributed by atoms with van der Waals surface area (Å²) < 4.78 is 15.4. The van der Waals surface area contributed by atoms with Crippen LogP contribution >= 0.6 is 0 Å². The van der Waals surface area contributed by atoms with Gasteiger partial charge in [-0.2, -0.15) is 0 Å². The van der Waals surface area contributed by atoms with Crippen molar-refractivity contribution in [3.63, 3.8) is 0 Å². The monoisotopic (exact) mass is 260 g/mol. The molecule has 0 radical (unpaired) electrons. The van der Waals surface area contributed by atoms with Gasteiger partial charge >= 0.3 is 5.97 Å². The number of carbonyl (C=O) groups is 1. The van der Waals surface area contributed by atoms with Crippen LogP contribution in [-0.4, -0.2) is 20.6 Å². The number of aromatic nitrogens is 2. The van der Waals surface area contributed by atoms with E-state index in [0.29, 0.717) is 5.69 Å². The number of halogens is 1. The molecule has 0 atom stereocenters. The van der Waals surface area contributed by atoms with E-state index in [9.17, 15) is 14.3 Å². The summed E-state index contributed by atoms with van der Waals surface area (Å²) in [5, 5.41) is 9.18. The van der Waals surface area contributed by atoms with Gasteiger partial charge in [0.05, 0.1) is 17.7 Å². The molecular formula is C14H13FN2O2. The van der Waals surface area contributed by atoms with Crippen molar-refractivity contribution in [1.29, 1.82) is 0 Å². The van der Waals surface area contributed by atoms with E-state index in [-0.39, 0.29) is 5.56 Å². The third-order valence-electron chi connectivity index (χ3n) is 3.50. The number of carboxylic acid groups (broad SMARTS) is 1. The Labute approximate surface area is 109 Å². The van der Waals surface area contributed by atoms with Gasteiger partial charge < -0.3 is 9.67 Å². The normalized spacial score (nSPS) is 14.2. The van der Waals surface area contributed by atoms with Gasteiger partial charge in [0.1, 0.15) is 11.4 Å². The largest absolute Gasteiger partial charge is 0.478 e. The molecule has 0 fully saturated rings. The molecule has 5 heteroatoms. The number of hydrogen-bond donors (Lipinski definition) is 1.